The highest BCUT2D eigenvalue weighted by atomic mass is 19.1. The first-order valence-corrected chi connectivity index (χ1v) is 8.76. The van der Waals surface area contributed by atoms with Crippen molar-refractivity contribution in [1.82, 2.24) is 9.78 Å². The van der Waals surface area contributed by atoms with Crippen LogP contribution in [0.25, 0.3) is 5.69 Å². The van der Waals surface area contributed by atoms with E-state index in [9.17, 15) is 9.18 Å². The third-order valence-electron chi connectivity index (χ3n) is 4.80. The van der Waals surface area contributed by atoms with Crippen molar-refractivity contribution in [2.24, 2.45) is 5.92 Å². The van der Waals surface area contributed by atoms with Gasteiger partial charge < -0.3 is 5.32 Å². The summed E-state index contributed by atoms with van der Waals surface area (Å²) in [5.74, 6) is 0.633. The monoisotopic (exact) mass is 349 g/mol. The van der Waals surface area contributed by atoms with E-state index < -0.39 is 0 Å². The lowest BCUT2D eigenvalue weighted by molar-refractivity contribution is 0.0953. The first kappa shape index (κ1) is 16.5. The number of aromatic nitrogens is 2. The van der Waals surface area contributed by atoms with E-state index >= 15 is 0 Å². The molecule has 1 heterocycles. The van der Waals surface area contributed by atoms with E-state index in [0.29, 0.717) is 17.8 Å². The second kappa shape index (κ2) is 6.41. The molecule has 2 aromatic carbocycles. The van der Waals surface area contributed by atoms with Crippen molar-refractivity contribution < 1.29 is 9.18 Å². The van der Waals surface area contributed by atoms with Crippen LogP contribution >= 0.6 is 0 Å². The number of benzene rings is 2. The molecule has 132 valence electrons. The first-order valence-electron chi connectivity index (χ1n) is 8.76. The van der Waals surface area contributed by atoms with Crippen LogP contribution in [0.15, 0.2) is 48.5 Å². The summed E-state index contributed by atoms with van der Waals surface area (Å²) < 4.78 is 15.1. The van der Waals surface area contributed by atoms with Crippen molar-refractivity contribution >= 4 is 17.3 Å². The second-order valence-corrected chi connectivity index (χ2v) is 6.94. The molecule has 1 aromatic heterocycles. The average Bonchev–Trinajstić information content (AvgIpc) is 2.96. The predicted octanol–water partition coefficient (Wildman–Crippen LogP) is 4.83. The van der Waals surface area contributed by atoms with E-state index in [1.165, 1.54) is 12.1 Å². The van der Waals surface area contributed by atoms with Crippen LogP contribution in [0.1, 0.15) is 35.0 Å². The van der Waals surface area contributed by atoms with Crippen LogP contribution in [0.5, 0.6) is 0 Å². The van der Waals surface area contributed by atoms with Gasteiger partial charge in [0.25, 0.3) is 0 Å². The van der Waals surface area contributed by atoms with Crippen LogP contribution in [-0.4, -0.2) is 15.6 Å². The van der Waals surface area contributed by atoms with Gasteiger partial charge in [0, 0.05) is 12.1 Å². The smallest absolute Gasteiger partial charge is 0.168 e. The molecule has 4 rings (SSSR count). The number of nitrogens with zero attached hydrogens (tertiary/aromatic N) is 2. The van der Waals surface area contributed by atoms with E-state index in [4.69, 9.17) is 0 Å². The van der Waals surface area contributed by atoms with Crippen LogP contribution in [0.3, 0.4) is 0 Å². The van der Waals surface area contributed by atoms with Gasteiger partial charge in [0.2, 0.25) is 0 Å². The summed E-state index contributed by atoms with van der Waals surface area (Å²) in [7, 11) is 0. The molecule has 0 saturated heterocycles. The molecule has 0 bridgehead atoms. The summed E-state index contributed by atoms with van der Waals surface area (Å²) >= 11 is 0. The van der Waals surface area contributed by atoms with E-state index in [2.05, 4.69) is 17.3 Å². The number of halogens is 1. The van der Waals surface area contributed by atoms with Crippen molar-refractivity contribution in [1.29, 1.82) is 0 Å². The minimum absolute atomic E-state index is 0.100. The highest BCUT2D eigenvalue weighted by Gasteiger charge is 2.31. The van der Waals surface area contributed by atoms with Crippen LogP contribution < -0.4 is 5.32 Å². The van der Waals surface area contributed by atoms with Crippen LogP contribution in [0.4, 0.5) is 15.9 Å². The molecule has 0 fully saturated rings. The van der Waals surface area contributed by atoms with Gasteiger partial charge in [-0.3, -0.25) is 4.79 Å². The molecule has 4 nitrogen and oxygen atoms in total. The number of hydrogen-bond acceptors (Lipinski definition) is 3. The zero-order valence-corrected chi connectivity index (χ0v) is 14.8. The molecule has 1 N–H and O–H groups in total. The number of carbonyl (C=O) groups excluding carboxylic acids is 1. The molecular weight excluding hydrogens is 329 g/mol. The summed E-state index contributed by atoms with van der Waals surface area (Å²) in [6.45, 7) is 4.08. The molecular formula is C21H20FN3O. The van der Waals surface area contributed by atoms with Crippen LogP contribution in [-0.2, 0) is 6.42 Å². The molecule has 0 unspecified atom stereocenters. The Morgan fingerprint density at radius 2 is 1.85 bits per heavy atom. The maximum Gasteiger partial charge on any atom is 0.168 e. The Balaban J connectivity index is 1.84. The number of carbonyl (C=O) groups is 1. The number of hydrogen-bond donors (Lipinski definition) is 1. The highest BCUT2D eigenvalue weighted by Crippen LogP contribution is 2.34. The SMILES string of the molecule is Cc1ccccc1Nc1nn(-c2ccc(F)cc2)c2c1C(=O)C[C@@H](C)C2. The Labute approximate surface area is 151 Å². The lowest BCUT2D eigenvalue weighted by Crippen LogP contribution is -2.19. The molecule has 0 saturated carbocycles. The quantitative estimate of drug-likeness (QED) is 0.737. The Kier molecular flexibility index (Phi) is 4.07. The van der Waals surface area contributed by atoms with Gasteiger partial charge in [-0.05, 0) is 55.2 Å². The number of ketones is 1. The number of anilines is 2. The molecule has 26 heavy (non-hydrogen) atoms. The normalized spacial score (nSPS) is 16.4. The van der Waals surface area contributed by atoms with Crippen molar-refractivity contribution in [3.05, 3.63) is 71.2 Å². The van der Waals surface area contributed by atoms with Crippen molar-refractivity contribution in [3.63, 3.8) is 0 Å². The molecule has 0 radical (unpaired) electrons. The molecule has 1 aliphatic rings. The number of rotatable bonds is 3. The third-order valence-corrected chi connectivity index (χ3v) is 4.80. The lowest BCUT2D eigenvalue weighted by Gasteiger charge is -2.19. The maximum atomic E-state index is 13.3. The van der Waals surface area contributed by atoms with Crippen LogP contribution in [0, 0.1) is 18.7 Å². The molecule has 0 amide bonds. The first-order chi connectivity index (χ1) is 12.5. The Hall–Kier alpha value is -2.95. The standard InChI is InChI=1S/C21H20FN3O/c1-13-11-18-20(19(26)12-13)21(23-17-6-4-3-5-14(17)2)24-25(18)16-9-7-15(22)8-10-16/h3-10,13H,11-12H2,1-2H3,(H,23,24)/t13-/m0/s1. The van der Waals surface area contributed by atoms with Gasteiger partial charge in [0.15, 0.2) is 11.6 Å². The fraction of sp³-hybridized carbons (Fsp3) is 0.238. The predicted molar refractivity (Wildman–Crippen MR) is 99.8 cm³/mol. The van der Waals surface area contributed by atoms with Gasteiger partial charge >= 0.3 is 0 Å². The number of para-hydroxylation sites is 1. The number of nitrogens with one attached hydrogen (secondary N) is 1. The topological polar surface area (TPSA) is 46.9 Å². The van der Waals surface area contributed by atoms with Crippen molar-refractivity contribution in [3.8, 4) is 5.69 Å². The summed E-state index contributed by atoms with van der Waals surface area (Å²) in [5, 5.41) is 8.00. The average molecular weight is 349 g/mol. The third kappa shape index (κ3) is 2.90. The van der Waals surface area contributed by atoms with Crippen molar-refractivity contribution in [2.75, 3.05) is 5.32 Å². The summed E-state index contributed by atoms with van der Waals surface area (Å²) in [6, 6.07) is 14.1. The van der Waals surface area contributed by atoms with E-state index in [0.717, 1.165) is 29.1 Å². The van der Waals surface area contributed by atoms with E-state index in [-0.39, 0.29) is 17.5 Å². The second-order valence-electron chi connectivity index (χ2n) is 6.94. The molecule has 3 aromatic rings. The van der Waals surface area contributed by atoms with Crippen LogP contribution in [0.2, 0.25) is 0 Å². The van der Waals surface area contributed by atoms with Gasteiger partial charge in [-0.1, -0.05) is 25.1 Å². The minimum Gasteiger partial charge on any atom is -0.338 e. The fourth-order valence-electron chi connectivity index (χ4n) is 3.48. The molecule has 0 aliphatic heterocycles. The molecule has 1 aliphatic carbocycles. The summed E-state index contributed by atoms with van der Waals surface area (Å²) in [4.78, 5) is 12.7. The summed E-state index contributed by atoms with van der Waals surface area (Å²) in [6.07, 6.45) is 1.28. The number of aryl methyl sites for hydroxylation is 1. The van der Waals surface area contributed by atoms with Gasteiger partial charge in [-0.25, -0.2) is 9.07 Å². The number of Topliss-reactive ketones (excluding diaryl/α,β-unsaturated/α-hetero) is 1. The zero-order chi connectivity index (χ0) is 18.3. The zero-order valence-electron chi connectivity index (χ0n) is 14.8. The van der Waals surface area contributed by atoms with Gasteiger partial charge in [0.1, 0.15) is 5.82 Å². The lowest BCUT2D eigenvalue weighted by atomic mass is 9.87. The Bertz CT molecular complexity index is 975. The van der Waals surface area contributed by atoms with Gasteiger partial charge in [0.05, 0.1) is 16.9 Å². The largest absolute Gasteiger partial charge is 0.338 e. The summed E-state index contributed by atoms with van der Waals surface area (Å²) in [5.41, 5.74) is 4.29. The molecule has 0 spiro atoms. The van der Waals surface area contributed by atoms with Gasteiger partial charge in [-0.15, -0.1) is 5.10 Å². The highest BCUT2D eigenvalue weighted by molar-refractivity contribution is 6.03. The molecule has 5 heteroatoms. The fourth-order valence-corrected chi connectivity index (χ4v) is 3.48. The van der Waals surface area contributed by atoms with E-state index in [1.807, 2.05) is 31.2 Å². The van der Waals surface area contributed by atoms with Crippen molar-refractivity contribution in [2.45, 2.75) is 26.7 Å². The van der Waals surface area contributed by atoms with E-state index in [1.54, 1.807) is 16.8 Å². The van der Waals surface area contributed by atoms with Gasteiger partial charge in [-0.2, -0.15) is 0 Å². The molecule has 1 atom stereocenters. The Morgan fingerprint density at radius 3 is 2.58 bits per heavy atom. The minimum atomic E-state index is -0.294. The Morgan fingerprint density at radius 1 is 1.12 bits per heavy atom. The maximum absolute atomic E-state index is 13.3. The number of fused-ring (bicyclic) bond motifs is 1.